The van der Waals surface area contributed by atoms with Crippen LogP contribution >= 0.6 is 11.3 Å². The minimum Gasteiger partial charge on any atom is -0.479 e. The molecule has 0 spiro atoms. The van der Waals surface area contributed by atoms with Gasteiger partial charge in [-0.2, -0.15) is 0 Å². The van der Waals surface area contributed by atoms with Crippen LogP contribution in [0.5, 0.6) is 0 Å². The lowest BCUT2D eigenvalue weighted by Gasteiger charge is -2.19. The number of amides is 2. The predicted octanol–water partition coefficient (Wildman–Crippen LogP) is 0.381. The van der Waals surface area contributed by atoms with Gasteiger partial charge in [-0.25, -0.2) is 14.6 Å². The number of hydrogen-bond acceptors (Lipinski definition) is 5. The summed E-state index contributed by atoms with van der Waals surface area (Å²) in [7, 11) is 0. The van der Waals surface area contributed by atoms with E-state index < -0.39 is 17.6 Å². The highest BCUT2D eigenvalue weighted by molar-refractivity contribution is 7.09. The molecule has 2 atom stereocenters. The first-order valence-corrected chi connectivity index (χ1v) is 6.58. The van der Waals surface area contributed by atoms with Gasteiger partial charge in [0.05, 0.1) is 11.6 Å². The number of carbonyl (C=O) groups is 2. The number of aromatic nitrogens is 1. The van der Waals surface area contributed by atoms with Crippen molar-refractivity contribution in [2.45, 2.75) is 25.4 Å². The molecule has 7 nitrogen and oxygen atoms in total. The van der Waals surface area contributed by atoms with Crippen molar-refractivity contribution < 1.29 is 19.8 Å². The van der Waals surface area contributed by atoms with Gasteiger partial charge in [-0.1, -0.05) is 6.92 Å². The summed E-state index contributed by atoms with van der Waals surface area (Å²) in [6.45, 7) is 3.06. The Labute approximate surface area is 114 Å². The largest absolute Gasteiger partial charge is 0.479 e. The van der Waals surface area contributed by atoms with Gasteiger partial charge in [-0.3, -0.25) is 0 Å². The van der Waals surface area contributed by atoms with Crippen molar-refractivity contribution in [1.29, 1.82) is 0 Å². The smallest absolute Gasteiger partial charge is 0.337 e. The van der Waals surface area contributed by atoms with Crippen molar-refractivity contribution >= 4 is 23.3 Å². The molecule has 2 unspecified atom stereocenters. The molecule has 0 bridgehead atoms. The van der Waals surface area contributed by atoms with Crippen LogP contribution in [-0.2, 0) is 4.79 Å². The maximum atomic E-state index is 11.4. The van der Waals surface area contributed by atoms with Crippen molar-refractivity contribution in [3.05, 3.63) is 16.6 Å². The zero-order valence-corrected chi connectivity index (χ0v) is 11.5. The molecule has 1 aromatic heterocycles. The average Bonchev–Trinajstić information content (AvgIpc) is 2.87. The monoisotopic (exact) mass is 287 g/mol. The van der Waals surface area contributed by atoms with Crippen LogP contribution in [0.2, 0.25) is 0 Å². The molecule has 4 N–H and O–H groups in total. The molecule has 0 radical (unpaired) electrons. The second-order valence-corrected chi connectivity index (χ2v) is 5.34. The summed E-state index contributed by atoms with van der Waals surface area (Å²) in [6, 6.07) is -0.523. The van der Waals surface area contributed by atoms with Gasteiger partial charge < -0.3 is 20.8 Å². The van der Waals surface area contributed by atoms with Crippen molar-refractivity contribution in [2.75, 3.05) is 13.1 Å². The van der Waals surface area contributed by atoms with Gasteiger partial charge in [0.15, 0.2) is 5.60 Å². The minimum absolute atomic E-state index is 0.0748. The fourth-order valence-electron chi connectivity index (χ4n) is 1.20. The zero-order chi connectivity index (χ0) is 14.5. The van der Waals surface area contributed by atoms with Crippen molar-refractivity contribution in [2.24, 2.45) is 0 Å². The summed E-state index contributed by atoms with van der Waals surface area (Å²) in [5, 5.41) is 25.8. The third-order valence-corrected chi connectivity index (χ3v) is 3.50. The van der Waals surface area contributed by atoms with Gasteiger partial charge in [0.25, 0.3) is 0 Å². The second kappa shape index (κ2) is 6.48. The van der Waals surface area contributed by atoms with E-state index in [9.17, 15) is 14.7 Å². The van der Waals surface area contributed by atoms with Gasteiger partial charge in [-0.15, -0.1) is 11.3 Å². The Hall–Kier alpha value is -1.67. The van der Waals surface area contributed by atoms with E-state index in [0.29, 0.717) is 6.54 Å². The summed E-state index contributed by atoms with van der Waals surface area (Å²) in [6.07, 6.45) is 1.70. The van der Waals surface area contributed by atoms with E-state index in [4.69, 9.17) is 5.11 Å². The Balaban J connectivity index is 2.31. The number of aliphatic carboxylic acids is 1. The number of rotatable bonds is 6. The molecule has 0 saturated carbocycles. The van der Waals surface area contributed by atoms with Crippen molar-refractivity contribution in [3.8, 4) is 0 Å². The van der Waals surface area contributed by atoms with E-state index in [1.807, 2.05) is 12.3 Å². The molecule has 1 rings (SSSR count). The highest BCUT2D eigenvalue weighted by Gasteiger charge is 2.30. The number of carboxylic acid groups (broad SMARTS) is 1. The molecule has 0 fully saturated rings. The van der Waals surface area contributed by atoms with E-state index in [-0.39, 0.29) is 12.5 Å². The number of aliphatic hydroxyl groups is 1. The van der Waals surface area contributed by atoms with Gasteiger partial charge in [-0.05, 0) is 6.92 Å². The van der Waals surface area contributed by atoms with Gasteiger partial charge in [0, 0.05) is 24.0 Å². The third-order valence-electron chi connectivity index (χ3n) is 2.50. The molecule has 0 saturated heterocycles. The first kappa shape index (κ1) is 15.4. The lowest BCUT2D eigenvalue weighted by atomic mass is 10.1. The number of carboxylic acids is 1. The molecule has 0 aromatic carbocycles. The van der Waals surface area contributed by atoms with Gasteiger partial charge >= 0.3 is 12.0 Å². The molecule has 2 amide bonds. The van der Waals surface area contributed by atoms with Crippen LogP contribution in [0, 0.1) is 0 Å². The topological polar surface area (TPSA) is 112 Å². The van der Waals surface area contributed by atoms with Crippen LogP contribution in [0.4, 0.5) is 4.79 Å². The quantitative estimate of drug-likeness (QED) is 0.604. The highest BCUT2D eigenvalue weighted by Crippen LogP contribution is 2.16. The summed E-state index contributed by atoms with van der Waals surface area (Å²) < 4.78 is 0. The van der Waals surface area contributed by atoms with E-state index >= 15 is 0 Å². The molecular weight excluding hydrogens is 270 g/mol. The molecule has 1 aromatic rings. The maximum Gasteiger partial charge on any atom is 0.337 e. The Morgan fingerprint density at radius 3 is 2.74 bits per heavy atom. The normalized spacial score (nSPS) is 15.3. The number of urea groups is 1. The molecule has 1 heterocycles. The number of carbonyl (C=O) groups excluding carboxylic acids is 1. The zero-order valence-electron chi connectivity index (χ0n) is 10.7. The lowest BCUT2D eigenvalue weighted by molar-refractivity contribution is -0.155. The second-order valence-electron chi connectivity index (χ2n) is 4.41. The molecule has 0 aliphatic carbocycles. The molecule has 106 valence electrons. The maximum absolute atomic E-state index is 11.4. The Morgan fingerprint density at radius 1 is 1.53 bits per heavy atom. The summed E-state index contributed by atoms with van der Waals surface area (Å²) in [4.78, 5) is 26.2. The van der Waals surface area contributed by atoms with Crippen LogP contribution in [0.25, 0.3) is 0 Å². The molecule has 19 heavy (non-hydrogen) atoms. The SMILES string of the molecule is CC(CNC(=O)NCC(C)(O)C(=O)O)c1nccs1. The third kappa shape index (κ3) is 4.84. The van der Waals surface area contributed by atoms with Crippen LogP contribution < -0.4 is 10.6 Å². The number of nitrogens with zero attached hydrogens (tertiary/aromatic N) is 1. The Kier molecular flexibility index (Phi) is 5.25. The van der Waals surface area contributed by atoms with E-state index in [1.165, 1.54) is 11.3 Å². The van der Waals surface area contributed by atoms with Crippen LogP contribution in [0.1, 0.15) is 24.8 Å². The first-order chi connectivity index (χ1) is 8.83. The highest BCUT2D eigenvalue weighted by atomic mass is 32.1. The van der Waals surface area contributed by atoms with Crippen molar-refractivity contribution in [3.63, 3.8) is 0 Å². The fourth-order valence-corrected chi connectivity index (χ4v) is 1.90. The number of hydrogen-bond donors (Lipinski definition) is 4. The van der Waals surface area contributed by atoms with Crippen LogP contribution in [0.15, 0.2) is 11.6 Å². The summed E-state index contributed by atoms with van der Waals surface area (Å²) in [5.74, 6) is -1.31. The van der Waals surface area contributed by atoms with Gasteiger partial charge in [0.2, 0.25) is 0 Å². The van der Waals surface area contributed by atoms with E-state index in [2.05, 4.69) is 15.6 Å². The fraction of sp³-hybridized carbons (Fsp3) is 0.545. The summed E-state index contributed by atoms with van der Waals surface area (Å²) in [5.41, 5.74) is -1.97. The Morgan fingerprint density at radius 2 is 2.21 bits per heavy atom. The molecule has 0 aliphatic rings. The van der Waals surface area contributed by atoms with Gasteiger partial charge in [0.1, 0.15) is 0 Å². The number of nitrogens with one attached hydrogen (secondary N) is 2. The average molecular weight is 287 g/mol. The molecular formula is C11H17N3O4S. The lowest BCUT2D eigenvalue weighted by Crippen LogP contribution is -2.49. The minimum atomic E-state index is -1.97. The van der Waals surface area contributed by atoms with E-state index in [0.717, 1.165) is 11.9 Å². The summed E-state index contributed by atoms with van der Waals surface area (Å²) >= 11 is 1.50. The van der Waals surface area contributed by atoms with Crippen LogP contribution in [0.3, 0.4) is 0 Å². The predicted molar refractivity (Wildman–Crippen MR) is 70.2 cm³/mol. The first-order valence-electron chi connectivity index (χ1n) is 5.70. The number of thiazole rings is 1. The van der Waals surface area contributed by atoms with Crippen LogP contribution in [-0.4, -0.2) is 45.9 Å². The molecule has 0 aliphatic heterocycles. The standard InChI is InChI=1S/C11H17N3O4S/c1-7(8-12-3-4-19-8)5-13-10(17)14-6-11(2,18)9(15)16/h3-4,7,18H,5-6H2,1-2H3,(H,15,16)(H2,13,14,17). The Bertz CT molecular complexity index is 433. The van der Waals surface area contributed by atoms with E-state index in [1.54, 1.807) is 6.20 Å². The molecule has 8 heteroatoms. The van der Waals surface area contributed by atoms with Crippen molar-refractivity contribution in [1.82, 2.24) is 15.6 Å².